The van der Waals surface area contributed by atoms with Crippen molar-refractivity contribution in [3.8, 4) is 11.1 Å². The Bertz CT molecular complexity index is 1140. The largest absolute Gasteiger partial charge is 0.332 e. The Balaban J connectivity index is 1.50. The van der Waals surface area contributed by atoms with Crippen LogP contribution >= 0.6 is 24.0 Å². The van der Waals surface area contributed by atoms with E-state index < -0.39 is 0 Å². The lowest BCUT2D eigenvalue weighted by Crippen LogP contribution is -2.18. The zero-order valence-corrected chi connectivity index (χ0v) is 17.1. The van der Waals surface area contributed by atoms with Crippen LogP contribution in [0.15, 0.2) is 65.7 Å². The summed E-state index contributed by atoms with van der Waals surface area (Å²) < 4.78 is 0. The van der Waals surface area contributed by atoms with E-state index in [2.05, 4.69) is 56.3 Å². The molecule has 0 saturated carbocycles. The lowest BCUT2D eigenvalue weighted by Gasteiger charge is -2.12. The zero-order valence-electron chi connectivity index (χ0n) is 15.5. The van der Waals surface area contributed by atoms with Gasteiger partial charge in [0.2, 0.25) is 0 Å². The van der Waals surface area contributed by atoms with Crippen LogP contribution < -0.4 is 10.6 Å². The highest BCUT2D eigenvalue weighted by molar-refractivity contribution is 7.98. The molecule has 0 spiro atoms. The highest BCUT2D eigenvalue weighted by atomic mass is 32.2. The van der Waals surface area contributed by atoms with Gasteiger partial charge in [0.25, 0.3) is 0 Å². The van der Waals surface area contributed by atoms with Crippen LogP contribution in [0.2, 0.25) is 0 Å². The number of anilines is 2. The van der Waals surface area contributed by atoms with Crippen LogP contribution in [0.4, 0.5) is 11.4 Å². The van der Waals surface area contributed by atoms with Gasteiger partial charge < -0.3 is 10.6 Å². The van der Waals surface area contributed by atoms with E-state index in [0.717, 1.165) is 39.2 Å². The summed E-state index contributed by atoms with van der Waals surface area (Å²) in [6.07, 6.45) is 3.84. The van der Waals surface area contributed by atoms with Crippen molar-refractivity contribution in [3.05, 3.63) is 66.5 Å². The molecule has 2 aromatic carbocycles. The molecule has 0 aliphatic rings. The quantitative estimate of drug-likeness (QED) is 0.309. The Kier molecular flexibility index (Phi) is 5.27. The molecule has 0 bridgehead atoms. The third-order valence-electron chi connectivity index (χ3n) is 4.42. The molecule has 4 rings (SSSR count). The molecule has 7 heteroatoms. The smallest absolute Gasteiger partial charge is 0.181 e. The van der Waals surface area contributed by atoms with Crippen molar-refractivity contribution in [3.63, 3.8) is 0 Å². The van der Waals surface area contributed by atoms with Crippen molar-refractivity contribution in [2.75, 3.05) is 16.9 Å². The summed E-state index contributed by atoms with van der Waals surface area (Å²) in [6, 6.07) is 18.3. The number of thiocarbonyl (C=S) groups is 1. The SMILES string of the molecule is CSc1cccc(NC(=S)Nc2ccc(-c3ccnc4n[nH]c(C)c34)cc2)c1. The minimum absolute atomic E-state index is 0.558. The van der Waals surface area contributed by atoms with Crippen molar-refractivity contribution in [1.29, 1.82) is 0 Å². The summed E-state index contributed by atoms with van der Waals surface area (Å²) in [5, 5.41) is 15.3. The molecule has 5 nitrogen and oxygen atoms in total. The second-order valence-electron chi connectivity index (χ2n) is 6.29. The number of rotatable bonds is 4. The van der Waals surface area contributed by atoms with Gasteiger partial charge in [-0.2, -0.15) is 5.10 Å². The van der Waals surface area contributed by atoms with Gasteiger partial charge in [-0.1, -0.05) is 18.2 Å². The van der Waals surface area contributed by atoms with E-state index in [-0.39, 0.29) is 0 Å². The molecule has 0 unspecified atom stereocenters. The maximum Gasteiger partial charge on any atom is 0.181 e. The monoisotopic (exact) mass is 405 g/mol. The van der Waals surface area contributed by atoms with Crippen molar-refractivity contribution in [2.45, 2.75) is 11.8 Å². The van der Waals surface area contributed by atoms with Gasteiger partial charge in [-0.05, 0) is 72.9 Å². The Hall–Kier alpha value is -2.90. The van der Waals surface area contributed by atoms with E-state index in [9.17, 15) is 0 Å². The predicted molar refractivity (Wildman–Crippen MR) is 122 cm³/mol. The predicted octanol–water partition coefficient (Wildman–Crippen LogP) is 5.46. The number of fused-ring (bicyclic) bond motifs is 1. The molecule has 2 heterocycles. The fourth-order valence-corrected chi connectivity index (χ4v) is 3.76. The van der Waals surface area contributed by atoms with Gasteiger partial charge in [-0.15, -0.1) is 11.8 Å². The van der Waals surface area contributed by atoms with E-state index in [0.29, 0.717) is 5.11 Å². The number of aromatic amines is 1. The number of aryl methyl sites for hydroxylation is 1. The van der Waals surface area contributed by atoms with E-state index in [4.69, 9.17) is 12.2 Å². The summed E-state index contributed by atoms with van der Waals surface area (Å²) in [5.41, 5.74) is 5.85. The molecule has 3 N–H and O–H groups in total. The van der Waals surface area contributed by atoms with Gasteiger partial charge in [0.15, 0.2) is 10.8 Å². The van der Waals surface area contributed by atoms with Crippen LogP contribution in [0.25, 0.3) is 22.2 Å². The molecule has 140 valence electrons. The van der Waals surface area contributed by atoms with Gasteiger partial charge in [-0.3, -0.25) is 5.10 Å². The summed E-state index contributed by atoms with van der Waals surface area (Å²) >= 11 is 7.14. The van der Waals surface area contributed by atoms with Gasteiger partial charge >= 0.3 is 0 Å². The van der Waals surface area contributed by atoms with E-state index in [1.165, 1.54) is 4.90 Å². The first kappa shape index (κ1) is 18.5. The number of nitrogens with one attached hydrogen (secondary N) is 3. The second-order valence-corrected chi connectivity index (χ2v) is 7.58. The number of aromatic nitrogens is 3. The molecule has 2 aromatic heterocycles. The number of thioether (sulfide) groups is 1. The van der Waals surface area contributed by atoms with Crippen LogP contribution in [0, 0.1) is 6.92 Å². The third-order valence-corrected chi connectivity index (χ3v) is 5.35. The normalized spacial score (nSPS) is 10.8. The first-order valence-corrected chi connectivity index (χ1v) is 10.4. The Morgan fingerprint density at radius 3 is 2.61 bits per heavy atom. The van der Waals surface area contributed by atoms with Crippen LogP contribution in [0.3, 0.4) is 0 Å². The number of hydrogen-bond donors (Lipinski definition) is 3. The molecular weight excluding hydrogens is 386 g/mol. The molecule has 0 radical (unpaired) electrons. The molecule has 0 fully saturated rings. The van der Waals surface area contributed by atoms with Crippen LogP contribution in [-0.2, 0) is 0 Å². The Labute approximate surface area is 173 Å². The van der Waals surface area contributed by atoms with E-state index >= 15 is 0 Å². The van der Waals surface area contributed by atoms with Crippen LogP contribution in [0.1, 0.15) is 5.69 Å². The van der Waals surface area contributed by atoms with Crippen LogP contribution in [-0.4, -0.2) is 26.5 Å². The average Bonchev–Trinajstić information content (AvgIpc) is 3.10. The third kappa shape index (κ3) is 3.85. The van der Waals surface area contributed by atoms with Crippen molar-refractivity contribution in [1.82, 2.24) is 15.2 Å². The van der Waals surface area contributed by atoms with Crippen LogP contribution in [0.5, 0.6) is 0 Å². The van der Waals surface area contributed by atoms with E-state index in [1.807, 2.05) is 37.3 Å². The topological polar surface area (TPSA) is 65.6 Å². The fourth-order valence-electron chi connectivity index (χ4n) is 3.07. The first-order chi connectivity index (χ1) is 13.6. The molecule has 0 atom stereocenters. The maximum absolute atomic E-state index is 5.44. The second kappa shape index (κ2) is 8.00. The summed E-state index contributed by atoms with van der Waals surface area (Å²) in [6.45, 7) is 2.01. The van der Waals surface area contributed by atoms with Gasteiger partial charge in [0, 0.05) is 33.5 Å². The standard InChI is InChI=1S/C21H19N5S2/c1-13-19-18(10-11-22-20(19)26-25-13)14-6-8-15(9-7-14)23-21(27)24-16-4-3-5-17(12-16)28-2/h3-12H,1-2H3,(H,22,25,26)(H2,23,24,27). The fraction of sp³-hybridized carbons (Fsp3) is 0.0952. The summed E-state index contributed by atoms with van der Waals surface area (Å²) in [5.74, 6) is 0. The molecule has 0 aliphatic heterocycles. The molecule has 4 aromatic rings. The van der Waals surface area contributed by atoms with Crippen molar-refractivity contribution in [2.24, 2.45) is 0 Å². The van der Waals surface area contributed by atoms with Gasteiger partial charge in [-0.25, -0.2) is 4.98 Å². The number of nitrogens with zero attached hydrogens (tertiary/aromatic N) is 2. The molecular formula is C21H19N5S2. The highest BCUT2D eigenvalue weighted by Gasteiger charge is 2.10. The van der Waals surface area contributed by atoms with Gasteiger partial charge in [0.1, 0.15) is 0 Å². The number of H-pyrrole nitrogens is 1. The summed E-state index contributed by atoms with van der Waals surface area (Å²) in [4.78, 5) is 5.51. The van der Waals surface area contributed by atoms with Crippen molar-refractivity contribution < 1.29 is 0 Å². The molecule has 0 amide bonds. The minimum Gasteiger partial charge on any atom is -0.332 e. The minimum atomic E-state index is 0.558. The lowest BCUT2D eigenvalue weighted by atomic mass is 10.0. The number of benzene rings is 2. The highest BCUT2D eigenvalue weighted by Crippen LogP contribution is 2.29. The number of pyridine rings is 1. The van der Waals surface area contributed by atoms with Gasteiger partial charge in [0.05, 0.1) is 0 Å². The number of hydrogen-bond acceptors (Lipinski definition) is 4. The zero-order chi connectivity index (χ0) is 19.5. The average molecular weight is 406 g/mol. The first-order valence-electron chi connectivity index (χ1n) is 8.76. The lowest BCUT2D eigenvalue weighted by molar-refractivity contribution is 1.05. The Morgan fingerprint density at radius 1 is 1.04 bits per heavy atom. The van der Waals surface area contributed by atoms with Crippen molar-refractivity contribution >= 4 is 51.5 Å². The van der Waals surface area contributed by atoms with E-state index in [1.54, 1.807) is 18.0 Å². The Morgan fingerprint density at radius 2 is 1.82 bits per heavy atom. The maximum atomic E-state index is 5.44. The molecule has 0 aliphatic carbocycles. The molecule has 0 saturated heterocycles. The summed E-state index contributed by atoms with van der Waals surface area (Å²) in [7, 11) is 0. The molecule has 28 heavy (non-hydrogen) atoms.